The van der Waals surface area contributed by atoms with E-state index >= 15 is 0 Å². The Balaban J connectivity index is 2.11. The molecule has 0 amide bonds. The Morgan fingerprint density at radius 2 is 2.26 bits per heavy atom. The molecule has 5 nitrogen and oxygen atoms in total. The minimum absolute atomic E-state index is 0.580. The lowest BCUT2D eigenvalue weighted by atomic mass is 10.2. The van der Waals surface area contributed by atoms with Gasteiger partial charge in [-0.05, 0) is 47.5 Å². The molecule has 0 spiro atoms. The molecule has 0 saturated heterocycles. The second kappa shape index (κ2) is 8.15. The molecular formula is C17H24BrN5. The van der Waals surface area contributed by atoms with Crippen LogP contribution in [0.15, 0.2) is 40.1 Å². The number of guanidine groups is 1. The van der Waals surface area contributed by atoms with E-state index in [1.807, 2.05) is 19.3 Å². The van der Waals surface area contributed by atoms with Gasteiger partial charge in [0.1, 0.15) is 0 Å². The van der Waals surface area contributed by atoms with Gasteiger partial charge >= 0.3 is 0 Å². The van der Waals surface area contributed by atoms with Gasteiger partial charge in [-0.3, -0.25) is 4.98 Å². The predicted molar refractivity (Wildman–Crippen MR) is 98.4 cm³/mol. The highest BCUT2D eigenvalue weighted by molar-refractivity contribution is 9.10. The molecule has 2 aromatic rings. The largest absolute Gasteiger partial charge is 0.357 e. The second-order valence-electron chi connectivity index (χ2n) is 5.55. The molecule has 6 heteroatoms. The van der Waals surface area contributed by atoms with Crippen LogP contribution < -0.4 is 5.32 Å². The lowest BCUT2D eigenvalue weighted by molar-refractivity contribution is 0.461. The van der Waals surface area contributed by atoms with Gasteiger partial charge in [0, 0.05) is 43.2 Å². The van der Waals surface area contributed by atoms with Crippen LogP contribution in [0.4, 0.5) is 0 Å². The van der Waals surface area contributed by atoms with Crippen molar-refractivity contribution in [2.75, 3.05) is 13.6 Å². The second-order valence-corrected chi connectivity index (χ2v) is 6.47. The van der Waals surface area contributed by atoms with Crippen LogP contribution in [0.5, 0.6) is 0 Å². The average molecular weight is 378 g/mol. The number of aliphatic imine (C=N–C) groups is 1. The highest BCUT2D eigenvalue weighted by atomic mass is 79.9. The number of nitrogens with zero attached hydrogens (tertiary/aromatic N) is 4. The van der Waals surface area contributed by atoms with Gasteiger partial charge in [0.15, 0.2) is 5.96 Å². The van der Waals surface area contributed by atoms with E-state index in [2.05, 4.69) is 74.9 Å². The van der Waals surface area contributed by atoms with Crippen LogP contribution in [0.1, 0.15) is 23.9 Å². The van der Waals surface area contributed by atoms with Crippen molar-refractivity contribution in [2.24, 2.45) is 12.0 Å². The summed E-state index contributed by atoms with van der Waals surface area (Å²) in [6.45, 7) is 6.34. The minimum Gasteiger partial charge on any atom is -0.357 e. The van der Waals surface area contributed by atoms with Crippen LogP contribution in [0.3, 0.4) is 0 Å². The topological polar surface area (TPSA) is 45.5 Å². The quantitative estimate of drug-likeness (QED) is 0.643. The summed E-state index contributed by atoms with van der Waals surface area (Å²) in [6.07, 6.45) is 3.88. The van der Waals surface area contributed by atoms with Gasteiger partial charge in [0.25, 0.3) is 0 Å². The maximum atomic E-state index is 4.73. The maximum absolute atomic E-state index is 4.73. The Bertz CT molecular complexity index is 677. The first-order chi connectivity index (χ1) is 11.0. The molecule has 1 N–H and O–H groups in total. The highest BCUT2D eigenvalue weighted by Crippen LogP contribution is 2.15. The van der Waals surface area contributed by atoms with E-state index < -0.39 is 0 Å². The molecule has 0 aliphatic rings. The standard InChI is InChI=1S/C17H24BrN5/c1-5-19-17(21-10-16-13(2)7-6-8-20-16)23(4)12-15-9-14(18)11-22(15)3/h6-9,11H,5,10,12H2,1-4H3,(H,19,21). The third kappa shape index (κ3) is 4.82. The summed E-state index contributed by atoms with van der Waals surface area (Å²) >= 11 is 3.52. The predicted octanol–water partition coefficient (Wildman–Crippen LogP) is 3.09. The maximum Gasteiger partial charge on any atom is 0.194 e. The summed E-state index contributed by atoms with van der Waals surface area (Å²) in [7, 11) is 4.10. The van der Waals surface area contributed by atoms with Crippen LogP contribution in [-0.2, 0) is 20.1 Å². The molecule has 0 saturated carbocycles. The fourth-order valence-corrected chi connectivity index (χ4v) is 2.92. The van der Waals surface area contributed by atoms with Crippen molar-refractivity contribution in [3.05, 3.63) is 52.0 Å². The lowest BCUT2D eigenvalue weighted by Crippen LogP contribution is -2.38. The van der Waals surface area contributed by atoms with Crippen LogP contribution in [-0.4, -0.2) is 34.0 Å². The van der Waals surface area contributed by atoms with Crippen molar-refractivity contribution in [3.63, 3.8) is 0 Å². The first-order valence-electron chi connectivity index (χ1n) is 7.72. The molecule has 0 aromatic carbocycles. The van der Waals surface area contributed by atoms with E-state index in [1.54, 1.807) is 0 Å². The number of halogens is 1. The van der Waals surface area contributed by atoms with Gasteiger partial charge < -0.3 is 14.8 Å². The fraction of sp³-hybridized carbons (Fsp3) is 0.412. The summed E-state index contributed by atoms with van der Waals surface area (Å²) in [5, 5.41) is 3.35. The average Bonchev–Trinajstić information content (AvgIpc) is 2.82. The zero-order chi connectivity index (χ0) is 16.8. The minimum atomic E-state index is 0.580. The van der Waals surface area contributed by atoms with Crippen LogP contribution in [0.25, 0.3) is 0 Å². The van der Waals surface area contributed by atoms with Gasteiger partial charge in [-0.1, -0.05) is 6.07 Å². The Morgan fingerprint density at radius 1 is 1.48 bits per heavy atom. The Hall–Kier alpha value is -1.82. The molecular weight excluding hydrogens is 354 g/mol. The molecule has 0 bridgehead atoms. The number of aromatic nitrogens is 2. The summed E-state index contributed by atoms with van der Waals surface area (Å²) in [5.41, 5.74) is 3.40. The van der Waals surface area contributed by atoms with Gasteiger partial charge in [-0.25, -0.2) is 4.99 Å². The first-order valence-corrected chi connectivity index (χ1v) is 8.51. The molecule has 124 valence electrons. The number of hydrogen-bond donors (Lipinski definition) is 1. The third-order valence-corrected chi connectivity index (χ3v) is 4.10. The van der Waals surface area contributed by atoms with Crippen LogP contribution in [0, 0.1) is 6.92 Å². The van der Waals surface area contributed by atoms with Gasteiger partial charge in [-0.2, -0.15) is 0 Å². The van der Waals surface area contributed by atoms with E-state index in [-0.39, 0.29) is 0 Å². The monoisotopic (exact) mass is 377 g/mol. The van der Waals surface area contributed by atoms with Gasteiger partial charge in [0.2, 0.25) is 0 Å². The van der Waals surface area contributed by atoms with Crippen molar-refractivity contribution in [2.45, 2.75) is 26.9 Å². The number of rotatable bonds is 5. The van der Waals surface area contributed by atoms with Crippen LogP contribution in [0.2, 0.25) is 0 Å². The molecule has 2 heterocycles. The smallest absolute Gasteiger partial charge is 0.194 e. The van der Waals surface area contributed by atoms with E-state index in [0.29, 0.717) is 6.54 Å². The van der Waals surface area contributed by atoms with Gasteiger partial charge in [0.05, 0.1) is 18.8 Å². The normalized spacial score (nSPS) is 11.6. The summed E-state index contributed by atoms with van der Waals surface area (Å²) < 4.78 is 3.21. The Morgan fingerprint density at radius 3 is 2.87 bits per heavy atom. The Labute approximate surface area is 146 Å². The first kappa shape index (κ1) is 17.5. The Kier molecular flexibility index (Phi) is 6.21. The molecule has 0 aliphatic heterocycles. The number of nitrogens with one attached hydrogen (secondary N) is 1. The van der Waals surface area contributed by atoms with E-state index in [0.717, 1.165) is 29.2 Å². The number of aryl methyl sites for hydroxylation is 2. The van der Waals surface area contributed by atoms with Crippen molar-refractivity contribution in [3.8, 4) is 0 Å². The third-order valence-electron chi connectivity index (χ3n) is 3.67. The van der Waals surface area contributed by atoms with Crippen molar-refractivity contribution in [1.82, 2.24) is 19.8 Å². The van der Waals surface area contributed by atoms with Crippen LogP contribution >= 0.6 is 15.9 Å². The fourth-order valence-electron chi connectivity index (χ4n) is 2.34. The van der Waals surface area contributed by atoms with Gasteiger partial charge in [-0.15, -0.1) is 0 Å². The molecule has 0 fully saturated rings. The van der Waals surface area contributed by atoms with E-state index in [1.165, 1.54) is 11.3 Å². The number of pyridine rings is 1. The molecule has 0 atom stereocenters. The van der Waals surface area contributed by atoms with Crippen molar-refractivity contribution < 1.29 is 0 Å². The van der Waals surface area contributed by atoms with Crippen molar-refractivity contribution in [1.29, 1.82) is 0 Å². The van der Waals surface area contributed by atoms with E-state index in [9.17, 15) is 0 Å². The summed E-state index contributed by atoms with van der Waals surface area (Å²) in [4.78, 5) is 11.3. The highest BCUT2D eigenvalue weighted by Gasteiger charge is 2.10. The zero-order valence-electron chi connectivity index (χ0n) is 14.2. The molecule has 0 radical (unpaired) electrons. The molecule has 0 aliphatic carbocycles. The molecule has 2 rings (SSSR count). The summed E-state index contributed by atoms with van der Waals surface area (Å²) in [5.74, 6) is 0.884. The van der Waals surface area contributed by atoms with E-state index in [4.69, 9.17) is 4.99 Å². The SMILES string of the molecule is CCNC(=NCc1ncccc1C)N(C)Cc1cc(Br)cn1C. The molecule has 23 heavy (non-hydrogen) atoms. The summed E-state index contributed by atoms with van der Waals surface area (Å²) in [6, 6.07) is 6.14. The lowest BCUT2D eigenvalue weighted by Gasteiger charge is -2.22. The molecule has 0 unspecified atom stereocenters. The van der Waals surface area contributed by atoms with Crippen molar-refractivity contribution >= 4 is 21.9 Å². The zero-order valence-corrected chi connectivity index (χ0v) is 15.8. The number of hydrogen-bond acceptors (Lipinski definition) is 2. The molecule has 2 aromatic heterocycles.